The van der Waals surface area contributed by atoms with Gasteiger partial charge in [0, 0.05) is 30.9 Å². The average molecular weight is 272 g/mol. The van der Waals surface area contributed by atoms with Crippen LogP contribution in [0.15, 0.2) is 24.5 Å². The Labute approximate surface area is 109 Å². The Morgan fingerprint density at radius 2 is 2.41 bits per heavy atom. The molecule has 0 fully saturated rings. The number of anilines is 1. The van der Waals surface area contributed by atoms with E-state index in [1.54, 1.807) is 24.6 Å². The molecule has 1 N–H and O–H groups in total. The molecule has 4 nitrogen and oxygen atoms in total. The van der Waals surface area contributed by atoms with Crippen molar-refractivity contribution in [2.24, 2.45) is 0 Å². The molecule has 0 aromatic carbocycles. The van der Waals surface area contributed by atoms with Gasteiger partial charge in [-0.25, -0.2) is 4.98 Å². The maximum atomic E-state index is 5.87. The third-order valence-corrected chi connectivity index (χ3v) is 3.53. The lowest BCUT2D eigenvalue weighted by Crippen LogP contribution is -2.09. The largest absolute Gasteiger partial charge is 0.383 e. The van der Waals surface area contributed by atoms with Crippen molar-refractivity contribution in [2.45, 2.75) is 13.1 Å². The van der Waals surface area contributed by atoms with Gasteiger partial charge in [0.25, 0.3) is 0 Å². The lowest BCUT2D eigenvalue weighted by Gasteiger charge is -2.08. The third kappa shape index (κ3) is 3.46. The first-order chi connectivity index (χ1) is 8.29. The summed E-state index contributed by atoms with van der Waals surface area (Å²) in [6.45, 7) is 2.21. The number of hydrogen-bond donors (Lipinski definition) is 1. The average Bonchev–Trinajstić information content (AvgIpc) is 2.92. The highest BCUT2D eigenvalue weighted by atomic mass is 35.5. The van der Waals surface area contributed by atoms with Crippen molar-refractivity contribution in [1.82, 2.24) is 9.55 Å². The molecule has 0 saturated heterocycles. The van der Waals surface area contributed by atoms with Crippen LogP contribution in [-0.2, 0) is 17.8 Å². The predicted octanol–water partition coefficient (Wildman–Crippen LogP) is 2.86. The molecule has 92 valence electrons. The van der Waals surface area contributed by atoms with Gasteiger partial charge >= 0.3 is 0 Å². The third-order valence-electron chi connectivity index (χ3n) is 2.30. The normalized spacial score (nSPS) is 10.7. The Kier molecular flexibility index (Phi) is 4.42. The Balaban J connectivity index is 1.92. The van der Waals surface area contributed by atoms with E-state index in [1.807, 2.05) is 22.9 Å². The molecule has 0 aliphatic heterocycles. The SMILES string of the molecule is COCCn1ccnc1NCc1ccc(Cl)s1. The van der Waals surface area contributed by atoms with Crippen LogP contribution in [0.1, 0.15) is 4.88 Å². The number of rotatable bonds is 6. The Morgan fingerprint density at radius 1 is 1.53 bits per heavy atom. The number of aromatic nitrogens is 2. The molecule has 2 aromatic rings. The number of nitrogens with zero attached hydrogens (tertiary/aromatic N) is 2. The lowest BCUT2D eigenvalue weighted by atomic mass is 10.5. The number of nitrogens with one attached hydrogen (secondary N) is 1. The van der Waals surface area contributed by atoms with Gasteiger partial charge in [-0.15, -0.1) is 11.3 Å². The molecule has 2 rings (SSSR count). The van der Waals surface area contributed by atoms with Gasteiger partial charge in [-0.3, -0.25) is 0 Å². The molecular weight excluding hydrogens is 258 g/mol. The predicted molar refractivity (Wildman–Crippen MR) is 70.8 cm³/mol. The summed E-state index contributed by atoms with van der Waals surface area (Å²) in [4.78, 5) is 5.45. The van der Waals surface area contributed by atoms with Crippen LogP contribution >= 0.6 is 22.9 Å². The monoisotopic (exact) mass is 271 g/mol. The van der Waals surface area contributed by atoms with E-state index in [0.717, 1.165) is 23.4 Å². The minimum absolute atomic E-state index is 0.676. The Morgan fingerprint density at radius 3 is 3.12 bits per heavy atom. The van der Waals surface area contributed by atoms with Crippen molar-refractivity contribution in [3.8, 4) is 0 Å². The summed E-state index contributed by atoms with van der Waals surface area (Å²) in [5, 5.41) is 3.28. The van der Waals surface area contributed by atoms with Gasteiger partial charge in [0.15, 0.2) is 0 Å². The Hall–Kier alpha value is -1.04. The second-order valence-corrected chi connectivity index (χ2v) is 5.30. The fraction of sp³-hybridized carbons (Fsp3) is 0.364. The zero-order valence-electron chi connectivity index (χ0n) is 9.52. The standard InChI is InChI=1S/C11H14ClN3OS/c1-16-7-6-15-5-4-13-11(15)14-8-9-2-3-10(12)17-9/h2-5H,6-8H2,1H3,(H,13,14). The maximum absolute atomic E-state index is 5.87. The van der Waals surface area contributed by atoms with Crippen molar-refractivity contribution in [1.29, 1.82) is 0 Å². The van der Waals surface area contributed by atoms with E-state index in [-0.39, 0.29) is 0 Å². The van der Waals surface area contributed by atoms with Crippen molar-refractivity contribution in [3.05, 3.63) is 33.7 Å². The summed E-state index contributed by atoms with van der Waals surface area (Å²) in [5.74, 6) is 0.853. The number of ether oxygens (including phenoxy) is 1. The van der Waals surface area contributed by atoms with Gasteiger partial charge < -0.3 is 14.6 Å². The molecule has 2 aromatic heterocycles. The van der Waals surface area contributed by atoms with Crippen LogP contribution in [0.5, 0.6) is 0 Å². The molecule has 0 amide bonds. The highest BCUT2D eigenvalue weighted by molar-refractivity contribution is 7.16. The first-order valence-corrected chi connectivity index (χ1v) is 6.47. The highest BCUT2D eigenvalue weighted by Gasteiger charge is 2.03. The molecule has 0 atom stereocenters. The fourth-order valence-corrected chi connectivity index (χ4v) is 2.49. The van der Waals surface area contributed by atoms with Gasteiger partial charge in [0.2, 0.25) is 5.95 Å². The quantitative estimate of drug-likeness (QED) is 0.878. The highest BCUT2D eigenvalue weighted by Crippen LogP contribution is 2.22. The smallest absolute Gasteiger partial charge is 0.203 e. The molecule has 2 heterocycles. The van der Waals surface area contributed by atoms with Gasteiger partial charge in [-0.1, -0.05) is 11.6 Å². The van der Waals surface area contributed by atoms with E-state index in [9.17, 15) is 0 Å². The zero-order valence-corrected chi connectivity index (χ0v) is 11.1. The number of methoxy groups -OCH3 is 1. The Bertz CT molecular complexity index is 469. The molecule has 0 saturated carbocycles. The van der Waals surface area contributed by atoms with Crippen molar-refractivity contribution >= 4 is 28.9 Å². The van der Waals surface area contributed by atoms with Crippen LogP contribution < -0.4 is 5.32 Å². The van der Waals surface area contributed by atoms with Crippen LogP contribution in [0.2, 0.25) is 4.34 Å². The lowest BCUT2D eigenvalue weighted by molar-refractivity contribution is 0.187. The summed E-state index contributed by atoms with van der Waals surface area (Å²) < 4.78 is 7.88. The van der Waals surface area contributed by atoms with Crippen LogP contribution in [0.25, 0.3) is 0 Å². The van der Waals surface area contributed by atoms with Crippen LogP contribution in [0.3, 0.4) is 0 Å². The summed E-state index contributed by atoms with van der Waals surface area (Å²) in [7, 11) is 1.69. The summed E-state index contributed by atoms with van der Waals surface area (Å²) in [5.41, 5.74) is 0. The second kappa shape index (κ2) is 6.05. The molecule has 6 heteroatoms. The fourth-order valence-electron chi connectivity index (χ4n) is 1.46. The maximum Gasteiger partial charge on any atom is 0.203 e. The van der Waals surface area contributed by atoms with Crippen molar-refractivity contribution < 1.29 is 4.74 Å². The molecule has 17 heavy (non-hydrogen) atoms. The van der Waals surface area contributed by atoms with E-state index in [1.165, 1.54) is 4.88 Å². The van der Waals surface area contributed by atoms with Gasteiger partial charge in [0.05, 0.1) is 17.5 Å². The molecular formula is C11H14ClN3OS. The first kappa shape index (κ1) is 12.4. The first-order valence-electron chi connectivity index (χ1n) is 5.28. The second-order valence-electron chi connectivity index (χ2n) is 3.50. The van der Waals surface area contributed by atoms with E-state index in [4.69, 9.17) is 16.3 Å². The zero-order chi connectivity index (χ0) is 12.1. The number of imidazole rings is 1. The van der Waals surface area contributed by atoms with E-state index in [0.29, 0.717) is 6.61 Å². The van der Waals surface area contributed by atoms with E-state index in [2.05, 4.69) is 10.3 Å². The summed E-state index contributed by atoms with van der Waals surface area (Å²) in [6, 6.07) is 3.92. The molecule has 0 spiro atoms. The number of hydrogen-bond acceptors (Lipinski definition) is 4. The number of halogens is 1. The van der Waals surface area contributed by atoms with Gasteiger partial charge in [0.1, 0.15) is 0 Å². The minimum atomic E-state index is 0.676. The molecule has 0 radical (unpaired) electrons. The minimum Gasteiger partial charge on any atom is -0.383 e. The topological polar surface area (TPSA) is 39.1 Å². The van der Waals surface area contributed by atoms with Crippen LogP contribution in [0, 0.1) is 0 Å². The van der Waals surface area contributed by atoms with Crippen molar-refractivity contribution in [3.63, 3.8) is 0 Å². The summed E-state index contributed by atoms with van der Waals surface area (Å²) >= 11 is 7.45. The van der Waals surface area contributed by atoms with Gasteiger partial charge in [-0.05, 0) is 12.1 Å². The molecule has 0 aliphatic carbocycles. The molecule has 0 unspecified atom stereocenters. The van der Waals surface area contributed by atoms with Crippen molar-refractivity contribution in [2.75, 3.05) is 19.0 Å². The summed E-state index contributed by atoms with van der Waals surface area (Å²) in [6.07, 6.45) is 3.71. The number of thiophene rings is 1. The van der Waals surface area contributed by atoms with E-state index >= 15 is 0 Å². The molecule has 0 bridgehead atoms. The van der Waals surface area contributed by atoms with Gasteiger partial charge in [-0.2, -0.15) is 0 Å². The van der Waals surface area contributed by atoms with Crippen LogP contribution in [-0.4, -0.2) is 23.3 Å². The molecule has 0 aliphatic rings. The van der Waals surface area contributed by atoms with Crippen LogP contribution in [0.4, 0.5) is 5.95 Å². The van der Waals surface area contributed by atoms with E-state index < -0.39 is 0 Å².